The van der Waals surface area contributed by atoms with E-state index in [1.165, 1.54) is 5.56 Å². The first-order valence-electron chi connectivity index (χ1n) is 6.97. The standard InChI is InChI=1S/C8H10.C6H6.2C2H6/c1-2-8-6-4-3-5-7-8;1-2-4-6-5-3-1;2*1-2/h3-7H,2H2,1H3;1-6H;2*1-2H3. The molecule has 18 heavy (non-hydrogen) atoms. The van der Waals surface area contributed by atoms with Gasteiger partial charge in [-0.05, 0) is 12.0 Å². The Morgan fingerprint density at radius 3 is 1.06 bits per heavy atom. The van der Waals surface area contributed by atoms with E-state index >= 15 is 0 Å². The van der Waals surface area contributed by atoms with Gasteiger partial charge in [0.25, 0.3) is 0 Å². The summed E-state index contributed by atoms with van der Waals surface area (Å²) in [6, 6.07) is 22.5. The Morgan fingerprint density at radius 1 is 0.556 bits per heavy atom. The van der Waals surface area contributed by atoms with Crippen molar-refractivity contribution in [3.8, 4) is 0 Å². The maximum atomic E-state index is 2.16. The Bertz CT molecular complexity index is 284. The molecule has 0 saturated heterocycles. The van der Waals surface area contributed by atoms with Crippen molar-refractivity contribution in [1.82, 2.24) is 0 Å². The van der Waals surface area contributed by atoms with Gasteiger partial charge in [0.15, 0.2) is 0 Å². The lowest BCUT2D eigenvalue weighted by molar-refractivity contribution is 1.14. The highest BCUT2D eigenvalue weighted by atomic mass is 13.9. The molecule has 0 spiro atoms. The van der Waals surface area contributed by atoms with Crippen molar-refractivity contribution in [1.29, 1.82) is 0 Å². The van der Waals surface area contributed by atoms with E-state index in [1.807, 2.05) is 70.2 Å². The minimum Gasteiger partial charge on any atom is -0.0683 e. The lowest BCUT2D eigenvalue weighted by Gasteiger charge is -1.89. The third-order valence-corrected chi connectivity index (χ3v) is 1.92. The van der Waals surface area contributed by atoms with Gasteiger partial charge < -0.3 is 0 Å². The first kappa shape index (κ1) is 18.8. The molecular weight excluding hydrogens is 216 g/mol. The van der Waals surface area contributed by atoms with Gasteiger partial charge in [0.1, 0.15) is 0 Å². The van der Waals surface area contributed by atoms with Gasteiger partial charge in [-0.2, -0.15) is 0 Å². The van der Waals surface area contributed by atoms with Crippen molar-refractivity contribution in [3.63, 3.8) is 0 Å². The smallest absolute Gasteiger partial charge is 0.0307 e. The van der Waals surface area contributed by atoms with Crippen LogP contribution in [-0.4, -0.2) is 0 Å². The van der Waals surface area contributed by atoms with Gasteiger partial charge in [0.2, 0.25) is 0 Å². The summed E-state index contributed by atoms with van der Waals surface area (Å²) < 4.78 is 0. The molecule has 0 aliphatic heterocycles. The molecule has 2 aromatic rings. The Labute approximate surface area is 114 Å². The summed E-state index contributed by atoms with van der Waals surface area (Å²) in [7, 11) is 0. The topological polar surface area (TPSA) is 0 Å². The molecular formula is C18H28. The van der Waals surface area contributed by atoms with Crippen LogP contribution in [0.2, 0.25) is 0 Å². The van der Waals surface area contributed by atoms with Crippen LogP contribution in [0.25, 0.3) is 0 Å². The zero-order valence-corrected chi connectivity index (χ0v) is 12.6. The summed E-state index contributed by atoms with van der Waals surface area (Å²) in [5.41, 5.74) is 1.41. The van der Waals surface area contributed by atoms with Crippen molar-refractivity contribution in [3.05, 3.63) is 72.3 Å². The number of hydrogen-bond acceptors (Lipinski definition) is 0. The van der Waals surface area contributed by atoms with Crippen LogP contribution in [0.15, 0.2) is 66.7 Å². The van der Waals surface area contributed by atoms with Gasteiger partial charge in [-0.3, -0.25) is 0 Å². The molecule has 0 atom stereocenters. The van der Waals surface area contributed by atoms with Crippen LogP contribution in [0.5, 0.6) is 0 Å². The summed E-state index contributed by atoms with van der Waals surface area (Å²) in [5, 5.41) is 0. The normalized spacial score (nSPS) is 7.39. The molecule has 0 N–H and O–H groups in total. The second kappa shape index (κ2) is 17.8. The van der Waals surface area contributed by atoms with E-state index in [4.69, 9.17) is 0 Å². The van der Waals surface area contributed by atoms with Crippen LogP contribution in [-0.2, 0) is 6.42 Å². The van der Waals surface area contributed by atoms with Crippen molar-refractivity contribution < 1.29 is 0 Å². The van der Waals surface area contributed by atoms with Crippen LogP contribution < -0.4 is 0 Å². The number of aryl methyl sites for hydroxylation is 1. The van der Waals surface area contributed by atoms with E-state index in [0.29, 0.717) is 0 Å². The van der Waals surface area contributed by atoms with Crippen molar-refractivity contribution in [2.75, 3.05) is 0 Å². The SMILES string of the molecule is CC.CC.CCc1ccccc1.c1ccccc1. The Balaban J connectivity index is 0. The van der Waals surface area contributed by atoms with Crippen molar-refractivity contribution in [2.45, 2.75) is 41.0 Å². The number of rotatable bonds is 1. The summed E-state index contributed by atoms with van der Waals surface area (Å²) in [4.78, 5) is 0. The molecule has 0 radical (unpaired) electrons. The first-order valence-corrected chi connectivity index (χ1v) is 6.97. The number of benzene rings is 2. The molecule has 0 aromatic heterocycles. The molecule has 0 aliphatic rings. The zero-order valence-electron chi connectivity index (χ0n) is 12.6. The first-order chi connectivity index (χ1) is 8.93. The Kier molecular flexibility index (Phi) is 18.6. The van der Waals surface area contributed by atoms with E-state index in [9.17, 15) is 0 Å². The molecule has 0 amide bonds. The van der Waals surface area contributed by atoms with Crippen LogP contribution in [0.1, 0.15) is 40.2 Å². The van der Waals surface area contributed by atoms with Gasteiger partial charge in [-0.1, -0.05) is 101 Å². The molecule has 2 aromatic carbocycles. The molecule has 0 heterocycles. The molecule has 2 rings (SSSR count). The molecule has 0 unspecified atom stereocenters. The second-order valence-corrected chi connectivity index (χ2v) is 2.99. The van der Waals surface area contributed by atoms with Crippen molar-refractivity contribution in [2.24, 2.45) is 0 Å². The molecule has 0 saturated carbocycles. The van der Waals surface area contributed by atoms with Gasteiger partial charge in [-0.15, -0.1) is 0 Å². The fourth-order valence-electron chi connectivity index (χ4n) is 1.10. The lowest BCUT2D eigenvalue weighted by Crippen LogP contribution is -1.73. The summed E-state index contributed by atoms with van der Waals surface area (Å²) in [5.74, 6) is 0. The third-order valence-electron chi connectivity index (χ3n) is 1.92. The quantitative estimate of drug-likeness (QED) is 0.578. The fraction of sp³-hybridized carbons (Fsp3) is 0.333. The van der Waals surface area contributed by atoms with E-state index < -0.39 is 0 Å². The monoisotopic (exact) mass is 244 g/mol. The van der Waals surface area contributed by atoms with Gasteiger partial charge >= 0.3 is 0 Å². The molecule has 0 bridgehead atoms. The van der Waals surface area contributed by atoms with E-state index in [1.54, 1.807) is 0 Å². The highest BCUT2D eigenvalue weighted by molar-refractivity contribution is 5.13. The minimum absolute atomic E-state index is 1.14. The predicted molar refractivity (Wildman–Crippen MR) is 85.0 cm³/mol. The molecule has 0 nitrogen and oxygen atoms in total. The average molecular weight is 244 g/mol. The summed E-state index contributed by atoms with van der Waals surface area (Å²) >= 11 is 0. The zero-order chi connectivity index (χ0) is 14.1. The summed E-state index contributed by atoms with van der Waals surface area (Å²) in [6.07, 6.45) is 1.14. The Morgan fingerprint density at radius 2 is 0.833 bits per heavy atom. The van der Waals surface area contributed by atoms with E-state index in [-0.39, 0.29) is 0 Å². The fourth-order valence-corrected chi connectivity index (χ4v) is 1.10. The highest BCUT2D eigenvalue weighted by Crippen LogP contribution is 1.96. The highest BCUT2D eigenvalue weighted by Gasteiger charge is 1.79. The van der Waals surface area contributed by atoms with E-state index in [0.717, 1.165) is 6.42 Å². The number of hydrogen-bond donors (Lipinski definition) is 0. The molecule has 0 aliphatic carbocycles. The molecule has 0 heteroatoms. The van der Waals surface area contributed by atoms with Crippen molar-refractivity contribution >= 4 is 0 Å². The molecule has 0 fully saturated rings. The van der Waals surface area contributed by atoms with Crippen LogP contribution in [0.3, 0.4) is 0 Å². The maximum Gasteiger partial charge on any atom is -0.0307 e. The Hall–Kier alpha value is -1.56. The minimum atomic E-state index is 1.14. The third kappa shape index (κ3) is 12.5. The van der Waals surface area contributed by atoms with Gasteiger partial charge in [0.05, 0.1) is 0 Å². The average Bonchev–Trinajstić information content (AvgIpc) is 2.54. The molecule has 100 valence electrons. The lowest BCUT2D eigenvalue weighted by atomic mass is 10.2. The van der Waals surface area contributed by atoms with Crippen LogP contribution in [0.4, 0.5) is 0 Å². The van der Waals surface area contributed by atoms with Gasteiger partial charge in [-0.25, -0.2) is 0 Å². The predicted octanol–water partition coefficient (Wildman–Crippen LogP) is 5.99. The maximum absolute atomic E-state index is 2.16. The van der Waals surface area contributed by atoms with E-state index in [2.05, 4.69) is 31.2 Å². The summed E-state index contributed by atoms with van der Waals surface area (Å²) in [6.45, 7) is 10.2. The van der Waals surface area contributed by atoms with Crippen LogP contribution >= 0.6 is 0 Å². The largest absolute Gasteiger partial charge is 0.0683 e. The van der Waals surface area contributed by atoms with Crippen LogP contribution in [0, 0.1) is 0 Å². The van der Waals surface area contributed by atoms with Gasteiger partial charge in [0, 0.05) is 0 Å². The second-order valence-electron chi connectivity index (χ2n) is 2.99.